The molecule has 0 aliphatic heterocycles. The van der Waals surface area contributed by atoms with Gasteiger partial charge in [-0.15, -0.1) is 0 Å². The quantitative estimate of drug-likeness (QED) is 0.797. The van der Waals surface area contributed by atoms with Gasteiger partial charge in [0.1, 0.15) is 0 Å². The van der Waals surface area contributed by atoms with Crippen molar-refractivity contribution in [2.45, 2.75) is 6.92 Å². The van der Waals surface area contributed by atoms with Gasteiger partial charge < -0.3 is 0 Å². The monoisotopic (exact) mass is 216 g/mol. The minimum absolute atomic E-state index is 0.272. The highest BCUT2D eigenvalue weighted by atomic mass is 16.6. The first kappa shape index (κ1) is 10.6. The lowest BCUT2D eigenvalue weighted by Gasteiger charge is -2.05. The topological polar surface area (TPSA) is 51.2 Å². The van der Waals surface area contributed by atoms with Crippen molar-refractivity contribution in [3.63, 3.8) is 0 Å². The molecule has 0 saturated heterocycles. The number of aromatic nitrogens is 1. The minimum atomic E-state index is -0.272. The predicted octanol–water partition coefficient (Wildman–Crippen LogP) is 1.92. The number of fused-ring (bicyclic) bond motifs is 1. The maximum Gasteiger partial charge on any atom is 0.277 e. The molecule has 0 radical (unpaired) electrons. The van der Waals surface area contributed by atoms with Crippen LogP contribution in [0, 0.1) is 0 Å². The molecule has 1 aromatic carbocycles. The second-order valence-corrected chi connectivity index (χ2v) is 3.24. The van der Waals surface area contributed by atoms with Crippen LogP contribution in [0.3, 0.4) is 0 Å². The number of hydrogen-bond acceptors (Lipinski definition) is 3. The molecule has 0 aliphatic rings. The Hall–Kier alpha value is -1.94. The first-order chi connectivity index (χ1) is 7.83. The molecule has 0 fully saturated rings. The highest BCUT2D eigenvalue weighted by Crippen LogP contribution is 2.15. The van der Waals surface area contributed by atoms with Crippen molar-refractivity contribution < 1.29 is 9.63 Å². The van der Waals surface area contributed by atoms with Crippen molar-refractivity contribution in [1.82, 2.24) is 10.5 Å². The van der Waals surface area contributed by atoms with E-state index in [-0.39, 0.29) is 5.91 Å². The van der Waals surface area contributed by atoms with E-state index >= 15 is 0 Å². The molecular weight excluding hydrogens is 204 g/mol. The summed E-state index contributed by atoms with van der Waals surface area (Å²) in [7, 11) is 0. The predicted molar refractivity (Wildman–Crippen MR) is 60.8 cm³/mol. The van der Waals surface area contributed by atoms with Crippen LogP contribution in [-0.2, 0) is 4.84 Å². The minimum Gasteiger partial charge on any atom is -0.274 e. The zero-order chi connectivity index (χ0) is 11.4. The van der Waals surface area contributed by atoms with E-state index < -0.39 is 0 Å². The van der Waals surface area contributed by atoms with Crippen molar-refractivity contribution in [1.29, 1.82) is 0 Å². The molecule has 4 nitrogen and oxygen atoms in total. The molecule has 1 N–H and O–H groups in total. The first-order valence-corrected chi connectivity index (χ1v) is 5.09. The van der Waals surface area contributed by atoms with Gasteiger partial charge in [0.15, 0.2) is 0 Å². The molecule has 1 heterocycles. The van der Waals surface area contributed by atoms with E-state index in [9.17, 15) is 4.79 Å². The number of nitrogens with one attached hydrogen (secondary N) is 1. The summed E-state index contributed by atoms with van der Waals surface area (Å²) in [5.41, 5.74) is 3.56. The van der Waals surface area contributed by atoms with E-state index in [1.54, 1.807) is 12.3 Å². The Labute approximate surface area is 93.2 Å². The maximum atomic E-state index is 11.7. The van der Waals surface area contributed by atoms with Crippen molar-refractivity contribution in [2.24, 2.45) is 0 Å². The zero-order valence-electron chi connectivity index (χ0n) is 8.93. The third-order valence-electron chi connectivity index (χ3n) is 2.19. The number of rotatable bonds is 3. The molecule has 0 atom stereocenters. The fourth-order valence-corrected chi connectivity index (χ4v) is 1.48. The number of hydroxylamine groups is 1. The molecule has 0 spiro atoms. The fourth-order valence-electron chi connectivity index (χ4n) is 1.48. The molecule has 2 rings (SSSR count). The molecule has 1 amide bonds. The Bertz CT molecular complexity index is 506. The molecule has 0 unspecified atom stereocenters. The molecule has 1 aromatic heterocycles. The maximum absolute atomic E-state index is 11.7. The van der Waals surface area contributed by atoms with Gasteiger partial charge in [0, 0.05) is 11.6 Å². The number of para-hydroxylation sites is 1. The van der Waals surface area contributed by atoms with Crippen LogP contribution >= 0.6 is 0 Å². The van der Waals surface area contributed by atoms with Gasteiger partial charge in [-0.1, -0.05) is 18.2 Å². The average Bonchev–Trinajstić information content (AvgIpc) is 2.35. The number of benzene rings is 1. The molecule has 0 aliphatic carbocycles. The van der Waals surface area contributed by atoms with Crippen LogP contribution in [0.15, 0.2) is 36.5 Å². The van der Waals surface area contributed by atoms with E-state index in [0.29, 0.717) is 17.7 Å². The van der Waals surface area contributed by atoms with Gasteiger partial charge in [-0.25, -0.2) is 5.48 Å². The van der Waals surface area contributed by atoms with Crippen molar-refractivity contribution in [2.75, 3.05) is 6.61 Å². The van der Waals surface area contributed by atoms with E-state index in [0.717, 1.165) is 5.39 Å². The number of nitrogens with zero attached hydrogens (tertiary/aromatic N) is 1. The molecule has 0 saturated carbocycles. The van der Waals surface area contributed by atoms with E-state index in [4.69, 9.17) is 4.84 Å². The molecule has 16 heavy (non-hydrogen) atoms. The standard InChI is InChI=1S/C12H12N2O2/c1-2-16-14-12(15)10-7-3-5-9-6-4-8-13-11(9)10/h3-8H,2H2,1H3,(H,14,15). The largest absolute Gasteiger partial charge is 0.277 e. The third kappa shape index (κ3) is 2.01. The SMILES string of the molecule is CCONC(=O)c1cccc2cccnc12. The van der Waals surface area contributed by atoms with Gasteiger partial charge in [-0.3, -0.25) is 14.6 Å². The Morgan fingerprint density at radius 2 is 2.19 bits per heavy atom. The summed E-state index contributed by atoms with van der Waals surface area (Å²) in [5.74, 6) is -0.272. The van der Waals surface area contributed by atoms with Crippen LogP contribution in [-0.4, -0.2) is 17.5 Å². The lowest BCUT2D eigenvalue weighted by Crippen LogP contribution is -2.23. The molecule has 2 aromatic rings. The van der Waals surface area contributed by atoms with Gasteiger partial charge >= 0.3 is 0 Å². The lowest BCUT2D eigenvalue weighted by atomic mass is 10.1. The molecular formula is C12H12N2O2. The summed E-state index contributed by atoms with van der Waals surface area (Å²) < 4.78 is 0. The number of carbonyl (C=O) groups is 1. The highest BCUT2D eigenvalue weighted by molar-refractivity contribution is 6.04. The summed E-state index contributed by atoms with van der Waals surface area (Å²) in [5, 5.41) is 0.937. The summed E-state index contributed by atoms with van der Waals surface area (Å²) in [6, 6.07) is 9.22. The van der Waals surface area contributed by atoms with Crippen molar-refractivity contribution >= 4 is 16.8 Å². The van der Waals surface area contributed by atoms with Crippen molar-refractivity contribution in [3.05, 3.63) is 42.1 Å². The number of hydrogen-bond donors (Lipinski definition) is 1. The normalized spacial score (nSPS) is 10.3. The van der Waals surface area contributed by atoms with Gasteiger partial charge in [0.25, 0.3) is 5.91 Å². The Kier molecular flexibility index (Phi) is 3.12. The van der Waals surface area contributed by atoms with Gasteiger partial charge in [-0.05, 0) is 19.1 Å². The second-order valence-electron chi connectivity index (χ2n) is 3.24. The first-order valence-electron chi connectivity index (χ1n) is 5.09. The fraction of sp³-hybridized carbons (Fsp3) is 0.167. The molecule has 0 bridgehead atoms. The Morgan fingerprint density at radius 3 is 3.00 bits per heavy atom. The molecule has 4 heteroatoms. The summed E-state index contributed by atoms with van der Waals surface area (Å²) in [4.78, 5) is 20.8. The lowest BCUT2D eigenvalue weighted by molar-refractivity contribution is 0.0366. The number of carbonyl (C=O) groups excluding carboxylic acids is 1. The van der Waals surface area contributed by atoms with Gasteiger partial charge in [0.2, 0.25) is 0 Å². The van der Waals surface area contributed by atoms with Crippen molar-refractivity contribution in [3.8, 4) is 0 Å². The van der Waals surface area contributed by atoms with Gasteiger partial charge in [0.05, 0.1) is 17.7 Å². The third-order valence-corrected chi connectivity index (χ3v) is 2.19. The van der Waals surface area contributed by atoms with E-state index in [1.807, 2.05) is 31.2 Å². The van der Waals surface area contributed by atoms with Gasteiger partial charge in [-0.2, -0.15) is 0 Å². The summed E-state index contributed by atoms with van der Waals surface area (Å²) >= 11 is 0. The Balaban J connectivity index is 2.40. The van der Waals surface area contributed by atoms with E-state index in [1.165, 1.54) is 0 Å². The Morgan fingerprint density at radius 1 is 1.38 bits per heavy atom. The highest BCUT2D eigenvalue weighted by Gasteiger charge is 2.09. The van der Waals surface area contributed by atoms with Crippen LogP contribution < -0.4 is 5.48 Å². The molecule has 82 valence electrons. The van der Waals surface area contributed by atoms with Crippen LogP contribution in [0.2, 0.25) is 0 Å². The van der Waals surface area contributed by atoms with E-state index in [2.05, 4.69) is 10.5 Å². The van der Waals surface area contributed by atoms with Crippen LogP contribution in [0.1, 0.15) is 17.3 Å². The zero-order valence-corrected chi connectivity index (χ0v) is 8.93. The number of amides is 1. The van der Waals surface area contributed by atoms with Crippen LogP contribution in [0.4, 0.5) is 0 Å². The summed E-state index contributed by atoms with van der Waals surface area (Å²) in [6.07, 6.45) is 1.67. The van der Waals surface area contributed by atoms with Crippen LogP contribution in [0.5, 0.6) is 0 Å². The second kappa shape index (κ2) is 4.72. The average molecular weight is 216 g/mol. The van der Waals surface area contributed by atoms with Crippen LogP contribution in [0.25, 0.3) is 10.9 Å². The number of pyridine rings is 1. The summed E-state index contributed by atoms with van der Waals surface area (Å²) in [6.45, 7) is 2.24. The smallest absolute Gasteiger partial charge is 0.274 e.